The first-order valence-corrected chi connectivity index (χ1v) is 9.99. The van der Waals surface area contributed by atoms with E-state index in [1.165, 1.54) is 19.2 Å². The van der Waals surface area contributed by atoms with E-state index in [-0.39, 0.29) is 30.5 Å². The van der Waals surface area contributed by atoms with Crippen molar-refractivity contribution in [2.24, 2.45) is 5.73 Å². The number of hydrogen-bond acceptors (Lipinski definition) is 5. The van der Waals surface area contributed by atoms with Crippen LogP contribution in [0.1, 0.15) is 22.7 Å². The van der Waals surface area contributed by atoms with E-state index in [0.29, 0.717) is 5.56 Å². The van der Waals surface area contributed by atoms with Gasteiger partial charge in [0.1, 0.15) is 6.04 Å². The maximum absolute atomic E-state index is 12.3. The second-order valence-corrected chi connectivity index (χ2v) is 7.91. The third-order valence-corrected chi connectivity index (χ3v) is 5.45. The Bertz CT molecular complexity index is 867. The van der Waals surface area contributed by atoms with Crippen LogP contribution in [0.15, 0.2) is 53.4 Å². The van der Waals surface area contributed by atoms with E-state index in [1.807, 2.05) is 31.2 Å². The lowest BCUT2D eigenvalue weighted by molar-refractivity contribution is -0.122. The van der Waals surface area contributed by atoms with Crippen LogP contribution >= 0.6 is 0 Å². The van der Waals surface area contributed by atoms with Gasteiger partial charge in [0, 0.05) is 20.2 Å². The Hall–Kier alpha value is -2.26. The number of methoxy groups -OCH3 is 1. The number of nitrogens with two attached hydrogens (primary N) is 1. The fraction of sp³-hybridized carbons (Fsp3) is 0.316. The van der Waals surface area contributed by atoms with Crippen molar-refractivity contribution in [1.29, 1.82) is 0 Å². The van der Waals surface area contributed by atoms with Gasteiger partial charge in [-0.1, -0.05) is 42.0 Å². The molecule has 1 atom stereocenters. The molecule has 0 spiro atoms. The summed E-state index contributed by atoms with van der Waals surface area (Å²) in [4.78, 5) is 12.4. The Balaban J connectivity index is 1.99. The lowest BCUT2D eigenvalue weighted by Gasteiger charge is -2.13. The molecule has 2 aromatic rings. The molecule has 1 unspecified atom stereocenters. The zero-order chi connectivity index (χ0) is 19.9. The van der Waals surface area contributed by atoms with Crippen LogP contribution in [0.2, 0.25) is 0 Å². The van der Waals surface area contributed by atoms with Crippen LogP contribution in [0, 0.1) is 6.92 Å². The third kappa shape index (κ3) is 6.14. The lowest BCUT2D eigenvalue weighted by Crippen LogP contribution is -2.33. The van der Waals surface area contributed by atoms with Gasteiger partial charge in [-0.2, -0.15) is 0 Å². The summed E-state index contributed by atoms with van der Waals surface area (Å²) in [5.74, 6) is -0.328. The number of aryl methyl sites for hydroxylation is 1. The number of carbonyl (C=O) groups is 1. The predicted molar refractivity (Wildman–Crippen MR) is 103 cm³/mol. The summed E-state index contributed by atoms with van der Waals surface area (Å²) in [6.45, 7) is 2.61. The number of hydrogen-bond donors (Lipinski definition) is 3. The van der Waals surface area contributed by atoms with E-state index in [4.69, 9.17) is 10.5 Å². The molecule has 0 radical (unpaired) electrons. The van der Waals surface area contributed by atoms with Gasteiger partial charge in [0.05, 0.1) is 11.5 Å². The van der Waals surface area contributed by atoms with Crippen molar-refractivity contribution >= 4 is 15.9 Å². The van der Waals surface area contributed by atoms with Gasteiger partial charge in [-0.05, 0) is 30.2 Å². The van der Waals surface area contributed by atoms with Gasteiger partial charge in [-0.25, -0.2) is 13.1 Å². The van der Waals surface area contributed by atoms with Crippen LogP contribution in [0.25, 0.3) is 0 Å². The molecule has 0 heterocycles. The van der Waals surface area contributed by atoms with Gasteiger partial charge in [0.15, 0.2) is 0 Å². The number of rotatable bonds is 9. The van der Waals surface area contributed by atoms with Crippen LogP contribution in [0.3, 0.4) is 0 Å². The predicted octanol–water partition coefficient (Wildman–Crippen LogP) is 1.24. The average Bonchev–Trinajstić information content (AvgIpc) is 2.66. The fourth-order valence-corrected chi connectivity index (χ4v) is 3.49. The minimum absolute atomic E-state index is 0.133. The smallest absolute Gasteiger partial charge is 0.241 e. The number of nitrogens with one attached hydrogen (secondary N) is 2. The molecule has 7 nitrogen and oxygen atoms in total. The lowest BCUT2D eigenvalue weighted by atomic mass is 10.1. The molecular weight excluding hydrogens is 366 g/mol. The second-order valence-electron chi connectivity index (χ2n) is 6.14. The third-order valence-electron chi connectivity index (χ3n) is 3.99. The van der Waals surface area contributed by atoms with E-state index >= 15 is 0 Å². The van der Waals surface area contributed by atoms with Gasteiger partial charge in [0.25, 0.3) is 0 Å². The van der Waals surface area contributed by atoms with Crippen LogP contribution in [0.5, 0.6) is 0 Å². The molecule has 0 saturated carbocycles. The maximum Gasteiger partial charge on any atom is 0.241 e. The molecule has 0 fully saturated rings. The molecule has 27 heavy (non-hydrogen) atoms. The average molecular weight is 391 g/mol. The quantitative estimate of drug-likeness (QED) is 0.557. The molecule has 0 aliphatic heterocycles. The Morgan fingerprint density at radius 1 is 1.19 bits per heavy atom. The van der Waals surface area contributed by atoms with Crippen LogP contribution in [0.4, 0.5) is 0 Å². The molecule has 1 amide bonds. The van der Waals surface area contributed by atoms with E-state index in [9.17, 15) is 13.2 Å². The van der Waals surface area contributed by atoms with Crippen LogP contribution in [-0.4, -0.2) is 34.6 Å². The zero-order valence-corrected chi connectivity index (χ0v) is 16.3. The monoisotopic (exact) mass is 391 g/mol. The Morgan fingerprint density at radius 2 is 1.89 bits per heavy atom. The summed E-state index contributed by atoms with van der Waals surface area (Å²) in [5.41, 5.74) is 8.46. The van der Waals surface area contributed by atoms with E-state index in [2.05, 4.69) is 10.0 Å². The fourth-order valence-electron chi connectivity index (χ4n) is 2.41. The maximum atomic E-state index is 12.3. The van der Waals surface area contributed by atoms with Crippen molar-refractivity contribution in [2.75, 3.05) is 20.3 Å². The number of amides is 1. The largest absolute Gasteiger partial charge is 0.383 e. The van der Waals surface area contributed by atoms with Gasteiger partial charge in [-0.3, -0.25) is 4.79 Å². The molecular formula is C19H25N3O4S. The van der Waals surface area contributed by atoms with Crippen molar-refractivity contribution in [3.63, 3.8) is 0 Å². The molecule has 2 rings (SSSR count). The summed E-state index contributed by atoms with van der Waals surface area (Å²) in [7, 11) is -2.13. The summed E-state index contributed by atoms with van der Waals surface area (Å²) in [5, 5.41) is 2.74. The van der Waals surface area contributed by atoms with Crippen LogP contribution in [-0.2, 0) is 26.1 Å². The minimum Gasteiger partial charge on any atom is -0.383 e. The first-order valence-electron chi connectivity index (χ1n) is 8.51. The van der Waals surface area contributed by atoms with Crippen LogP contribution < -0.4 is 15.8 Å². The molecule has 0 saturated heterocycles. The van der Waals surface area contributed by atoms with E-state index < -0.39 is 16.1 Å². The SMILES string of the molecule is COCCNS(=O)(=O)c1cccc(CNC(=O)C(N)c2ccc(C)cc2)c1. The Morgan fingerprint density at radius 3 is 2.56 bits per heavy atom. The van der Waals surface area contributed by atoms with E-state index in [0.717, 1.165) is 11.1 Å². The van der Waals surface area contributed by atoms with Crippen molar-refractivity contribution < 1.29 is 17.9 Å². The molecule has 0 bridgehead atoms. The molecule has 0 aromatic heterocycles. The standard InChI is InChI=1S/C19H25N3O4S/c1-14-6-8-16(9-7-14)18(20)19(23)21-13-15-4-3-5-17(12-15)27(24,25)22-10-11-26-2/h3-9,12,18,22H,10-11,13,20H2,1-2H3,(H,21,23). The topological polar surface area (TPSA) is 111 Å². The van der Waals surface area contributed by atoms with Crippen molar-refractivity contribution in [3.05, 3.63) is 65.2 Å². The van der Waals surface area contributed by atoms with Crippen molar-refractivity contribution in [2.45, 2.75) is 24.4 Å². The normalized spacial score (nSPS) is 12.6. The highest BCUT2D eigenvalue weighted by Gasteiger charge is 2.16. The summed E-state index contributed by atoms with van der Waals surface area (Å²) in [6.07, 6.45) is 0. The van der Waals surface area contributed by atoms with Gasteiger partial charge >= 0.3 is 0 Å². The highest BCUT2D eigenvalue weighted by Crippen LogP contribution is 2.14. The molecule has 4 N–H and O–H groups in total. The summed E-state index contributed by atoms with van der Waals surface area (Å²) in [6, 6.07) is 13.0. The Kier molecular flexibility index (Phi) is 7.49. The van der Waals surface area contributed by atoms with Crippen molar-refractivity contribution in [1.82, 2.24) is 10.0 Å². The molecule has 146 valence electrons. The van der Waals surface area contributed by atoms with Gasteiger partial charge in [-0.15, -0.1) is 0 Å². The number of carbonyl (C=O) groups excluding carboxylic acids is 1. The van der Waals surface area contributed by atoms with Gasteiger partial charge < -0.3 is 15.8 Å². The highest BCUT2D eigenvalue weighted by atomic mass is 32.2. The zero-order valence-electron chi connectivity index (χ0n) is 15.4. The summed E-state index contributed by atoms with van der Waals surface area (Å²) < 4.78 is 31.8. The molecule has 8 heteroatoms. The molecule has 0 aliphatic rings. The highest BCUT2D eigenvalue weighted by molar-refractivity contribution is 7.89. The first kappa shape index (κ1) is 21.0. The molecule has 0 aliphatic carbocycles. The van der Waals surface area contributed by atoms with E-state index in [1.54, 1.807) is 12.1 Å². The van der Waals surface area contributed by atoms with Gasteiger partial charge in [0.2, 0.25) is 15.9 Å². The first-order chi connectivity index (χ1) is 12.8. The summed E-state index contributed by atoms with van der Waals surface area (Å²) >= 11 is 0. The molecule has 2 aromatic carbocycles. The number of ether oxygens (including phenoxy) is 1. The number of sulfonamides is 1. The Labute approximate surface area is 160 Å². The second kappa shape index (κ2) is 9.61. The number of benzene rings is 2. The minimum atomic E-state index is -3.62. The van der Waals surface area contributed by atoms with Crippen molar-refractivity contribution in [3.8, 4) is 0 Å².